The van der Waals surface area contributed by atoms with Crippen LogP contribution in [0.2, 0.25) is 0 Å². The van der Waals surface area contributed by atoms with Gasteiger partial charge in [-0.05, 0) is 62.0 Å². The lowest BCUT2D eigenvalue weighted by molar-refractivity contribution is -0.141. The highest BCUT2D eigenvalue weighted by Crippen LogP contribution is 2.46. The Kier molecular flexibility index (Phi) is 8.29. The molecule has 1 unspecified atom stereocenters. The molecule has 35 heavy (non-hydrogen) atoms. The molecule has 1 N–H and O–H groups in total. The molecule has 0 radical (unpaired) electrons. The summed E-state index contributed by atoms with van der Waals surface area (Å²) in [6, 6.07) is 2.53. The Morgan fingerprint density at radius 3 is 2.26 bits per heavy atom. The van der Waals surface area contributed by atoms with E-state index in [1.54, 1.807) is 26.1 Å². The summed E-state index contributed by atoms with van der Waals surface area (Å²) in [4.78, 5) is 17.1. The summed E-state index contributed by atoms with van der Waals surface area (Å²) in [7, 11) is 2.77. The van der Waals surface area contributed by atoms with Crippen LogP contribution in [0.1, 0.15) is 59.7 Å². The number of amides is 1. The molecule has 0 aromatic carbocycles. The smallest absolute Gasteiger partial charge is 0.341 e. The fourth-order valence-corrected chi connectivity index (χ4v) is 3.55. The molecule has 0 saturated heterocycles. The predicted octanol–water partition coefficient (Wildman–Crippen LogP) is 5.63. The first-order chi connectivity index (χ1) is 16.2. The predicted molar refractivity (Wildman–Crippen MR) is 128 cm³/mol. The van der Waals surface area contributed by atoms with E-state index in [1.165, 1.54) is 29.3 Å². The maximum atomic E-state index is 13.6. The zero-order valence-electron chi connectivity index (χ0n) is 19.7. The fourth-order valence-electron chi connectivity index (χ4n) is 3.47. The van der Waals surface area contributed by atoms with E-state index in [1.807, 2.05) is 6.07 Å². The minimum absolute atomic E-state index is 0.133. The summed E-state index contributed by atoms with van der Waals surface area (Å²) in [5.41, 5.74) is -2.79. The highest BCUT2D eigenvalue weighted by molar-refractivity contribution is 7.18. The van der Waals surface area contributed by atoms with Crippen LogP contribution >= 0.6 is 9.24 Å². The standard InChI is InChI=1S/C22H24F5N4OP.C2H2/c1-5-14(9-13(3)22(26,27)33)18-12(2)8-15(11-28-18)20(6-7-20)29-19(32)16-10-17(21(23,24)25)30-31(16)4;1-2/h5,8-11H,6-7,33H2,1-4H3,(H,29,32);1-2H/b13-9+,14-5+;. The van der Waals surface area contributed by atoms with Crippen LogP contribution < -0.4 is 5.32 Å². The van der Waals surface area contributed by atoms with E-state index in [0.29, 0.717) is 35.7 Å². The van der Waals surface area contributed by atoms with Gasteiger partial charge in [0.25, 0.3) is 11.6 Å². The van der Waals surface area contributed by atoms with Crippen molar-refractivity contribution in [2.24, 2.45) is 7.05 Å². The van der Waals surface area contributed by atoms with Crippen molar-refractivity contribution in [3.8, 4) is 12.8 Å². The summed E-state index contributed by atoms with van der Waals surface area (Å²) >= 11 is 0. The zero-order valence-corrected chi connectivity index (χ0v) is 20.8. The largest absolute Gasteiger partial charge is 0.435 e. The molecule has 2 aromatic heterocycles. The second-order valence-corrected chi connectivity index (χ2v) is 8.88. The average Bonchev–Trinajstić information content (AvgIpc) is 3.43. The third-order valence-corrected chi connectivity index (χ3v) is 6.07. The van der Waals surface area contributed by atoms with Crippen LogP contribution in [-0.2, 0) is 18.8 Å². The van der Waals surface area contributed by atoms with Gasteiger partial charge in [-0.1, -0.05) is 21.4 Å². The Labute approximate surface area is 203 Å². The normalized spacial score (nSPS) is 15.8. The average molecular weight is 512 g/mol. The van der Waals surface area contributed by atoms with Crippen LogP contribution in [0.5, 0.6) is 0 Å². The first kappa shape index (κ1) is 28.2. The number of halogens is 5. The Morgan fingerprint density at radius 1 is 1.23 bits per heavy atom. The van der Waals surface area contributed by atoms with Gasteiger partial charge in [-0.15, -0.1) is 12.8 Å². The molecule has 1 fully saturated rings. The molecule has 0 spiro atoms. The van der Waals surface area contributed by atoms with Crippen LogP contribution in [-0.4, -0.2) is 26.3 Å². The van der Waals surface area contributed by atoms with Crippen molar-refractivity contribution >= 4 is 20.7 Å². The number of aromatic nitrogens is 3. The highest BCUT2D eigenvalue weighted by Gasteiger charge is 2.47. The molecular weight excluding hydrogens is 486 g/mol. The molecule has 2 heterocycles. The van der Waals surface area contributed by atoms with Crippen molar-refractivity contribution in [2.75, 3.05) is 0 Å². The van der Waals surface area contributed by atoms with Crippen LogP contribution in [0.3, 0.4) is 0 Å². The maximum Gasteiger partial charge on any atom is 0.435 e. The molecule has 1 amide bonds. The molecular formula is C24H26F5N4OP. The summed E-state index contributed by atoms with van der Waals surface area (Å²) in [6.45, 7) is 4.84. The van der Waals surface area contributed by atoms with Gasteiger partial charge in [-0.3, -0.25) is 14.5 Å². The second-order valence-electron chi connectivity index (χ2n) is 8.16. The monoisotopic (exact) mass is 512 g/mol. The first-order valence-corrected chi connectivity index (χ1v) is 11.0. The molecule has 1 saturated carbocycles. The minimum atomic E-state index is -4.65. The number of hydrogen-bond donors (Lipinski definition) is 1. The van der Waals surface area contributed by atoms with E-state index in [4.69, 9.17) is 0 Å². The Morgan fingerprint density at radius 2 is 1.83 bits per heavy atom. The van der Waals surface area contributed by atoms with Crippen LogP contribution in [0.4, 0.5) is 22.0 Å². The number of terminal acetylenes is 1. The molecule has 2 aromatic rings. The number of aryl methyl sites for hydroxylation is 2. The molecule has 1 aliphatic rings. The van der Waals surface area contributed by atoms with Gasteiger partial charge in [-0.25, -0.2) is 0 Å². The van der Waals surface area contributed by atoms with E-state index in [0.717, 1.165) is 10.2 Å². The third-order valence-electron chi connectivity index (χ3n) is 5.62. The Balaban J connectivity index is 0.00000210. The highest BCUT2D eigenvalue weighted by atomic mass is 31.0. The van der Waals surface area contributed by atoms with E-state index in [9.17, 15) is 26.7 Å². The van der Waals surface area contributed by atoms with Crippen molar-refractivity contribution in [3.05, 3.63) is 64.3 Å². The molecule has 0 aliphatic heterocycles. The summed E-state index contributed by atoms with van der Waals surface area (Å²) in [5, 5.41) is 6.19. The number of pyridine rings is 1. The number of carbonyl (C=O) groups excluding carboxylic acids is 1. The fraction of sp³-hybridized carbons (Fsp3) is 0.375. The quantitative estimate of drug-likeness (QED) is 0.236. The van der Waals surface area contributed by atoms with E-state index < -0.39 is 29.0 Å². The van der Waals surface area contributed by atoms with Gasteiger partial charge in [0, 0.05) is 19.3 Å². The van der Waals surface area contributed by atoms with Crippen molar-refractivity contribution in [1.29, 1.82) is 0 Å². The van der Waals surface area contributed by atoms with Crippen molar-refractivity contribution in [3.63, 3.8) is 0 Å². The lowest BCUT2D eigenvalue weighted by Gasteiger charge is -2.19. The summed E-state index contributed by atoms with van der Waals surface area (Å²) in [5.74, 6) is -0.671. The number of nitrogens with one attached hydrogen (secondary N) is 1. The number of rotatable bonds is 6. The number of allylic oxidation sites excluding steroid dienone is 4. The van der Waals surface area contributed by atoms with Crippen LogP contribution in [0, 0.1) is 19.8 Å². The SMILES string of the molecule is C#C.C/C=C(\C=C(/C)C(F)(F)P)c1ncc(C2(NC(=O)c3cc(C(F)(F)F)nn3C)CC2)cc1C. The van der Waals surface area contributed by atoms with Crippen LogP contribution in [0.25, 0.3) is 5.57 Å². The summed E-state index contributed by atoms with van der Waals surface area (Å²) < 4.78 is 66.7. The summed E-state index contributed by atoms with van der Waals surface area (Å²) in [6.07, 6.45) is 9.16. The maximum absolute atomic E-state index is 13.6. The number of hydrogen-bond acceptors (Lipinski definition) is 3. The van der Waals surface area contributed by atoms with E-state index in [2.05, 4.69) is 28.2 Å². The molecule has 0 bridgehead atoms. The second kappa shape index (κ2) is 10.3. The lowest BCUT2D eigenvalue weighted by Crippen LogP contribution is -2.36. The molecule has 5 nitrogen and oxygen atoms in total. The molecule has 1 aliphatic carbocycles. The molecule has 1 atom stereocenters. The van der Waals surface area contributed by atoms with Gasteiger partial charge < -0.3 is 5.32 Å². The van der Waals surface area contributed by atoms with Crippen molar-refractivity contribution in [2.45, 2.75) is 51.0 Å². The van der Waals surface area contributed by atoms with Gasteiger partial charge in [0.05, 0.1) is 11.2 Å². The van der Waals surface area contributed by atoms with E-state index in [-0.39, 0.29) is 11.3 Å². The zero-order chi connectivity index (χ0) is 26.8. The number of nitrogens with zero attached hydrogens (tertiary/aromatic N) is 3. The topological polar surface area (TPSA) is 59.8 Å². The molecule has 3 rings (SSSR count). The molecule has 188 valence electrons. The lowest BCUT2D eigenvalue weighted by atomic mass is 9.99. The molecule has 11 heteroatoms. The third kappa shape index (κ3) is 6.34. The Bertz CT molecular complexity index is 1180. The van der Waals surface area contributed by atoms with E-state index >= 15 is 0 Å². The van der Waals surface area contributed by atoms with Gasteiger partial charge in [0.15, 0.2) is 5.69 Å². The first-order valence-electron chi connectivity index (χ1n) is 10.4. The number of carbonyl (C=O) groups is 1. The number of alkyl halides is 5. The Hall–Kier alpha value is -3.05. The van der Waals surface area contributed by atoms with Gasteiger partial charge in [0.1, 0.15) is 5.69 Å². The van der Waals surface area contributed by atoms with Gasteiger partial charge in [-0.2, -0.15) is 27.1 Å². The van der Waals surface area contributed by atoms with Gasteiger partial charge in [0.2, 0.25) is 0 Å². The van der Waals surface area contributed by atoms with Gasteiger partial charge >= 0.3 is 6.18 Å². The van der Waals surface area contributed by atoms with Crippen LogP contribution in [0.15, 0.2) is 36.1 Å². The van der Waals surface area contributed by atoms with Crippen molar-refractivity contribution in [1.82, 2.24) is 20.1 Å². The van der Waals surface area contributed by atoms with Crippen molar-refractivity contribution < 1.29 is 26.7 Å². The minimum Gasteiger partial charge on any atom is -0.341 e.